The van der Waals surface area contributed by atoms with Gasteiger partial charge in [0.05, 0.1) is 16.8 Å². The topological polar surface area (TPSA) is 84.5 Å². The van der Waals surface area contributed by atoms with Gasteiger partial charge in [-0.1, -0.05) is 58.4 Å². The molecule has 0 unspecified atom stereocenters. The Balaban J connectivity index is 1.69. The monoisotopic (exact) mass is 487 g/mol. The highest BCUT2D eigenvalue weighted by atomic mass is 79.9. The Hall–Kier alpha value is -3.91. The standard InChI is InChI=1S/C24H18BrN5O2/c1-29(26-16-17-7-13-21(14-8-17)30(31)32)23-15-22(18-5-3-2-4-6-18)27-24(28-23)19-9-11-20(25)12-10-19/h2-16H,1H3/b26-16+. The molecule has 4 rings (SSSR count). The lowest BCUT2D eigenvalue weighted by molar-refractivity contribution is -0.384. The Labute approximate surface area is 193 Å². The van der Waals surface area contributed by atoms with E-state index < -0.39 is 4.92 Å². The summed E-state index contributed by atoms with van der Waals surface area (Å²) in [7, 11) is 1.80. The van der Waals surface area contributed by atoms with Gasteiger partial charge in [-0.25, -0.2) is 9.97 Å². The van der Waals surface area contributed by atoms with Gasteiger partial charge >= 0.3 is 0 Å². The van der Waals surface area contributed by atoms with Gasteiger partial charge in [0.1, 0.15) is 0 Å². The summed E-state index contributed by atoms with van der Waals surface area (Å²) >= 11 is 3.46. The Morgan fingerprint density at radius 2 is 1.62 bits per heavy atom. The van der Waals surface area contributed by atoms with Crippen molar-refractivity contribution >= 4 is 33.6 Å². The van der Waals surface area contributed by atoms with Crippen LogP contribution < -0.4 is 5.01 Å². The van der Waals surface area contributed by atoms with Crippen molar-refractivity contribution in [1.82, 2.24) is 9.97 Å². The van der Waals surface area contributed by atoms with Crippen molar-refractivity contribution in [3.05, 3.63) is 105 Å². The number of nitro groups is 1. The number of hydrogen-bond acceptors (Lipinski definition) is 6. The van der Waals surface area contributed by atoms with Crippen LogP contribution in [0.3, 0.4) is 0 Å². The molecule has 0 aliphatic rings. The van der Waals surface area contributed by atoms with Gasteiger partial charge in [-0.05, 0) is 29.8 Å². The minimum absolute atomic E-state index is 0.0398. The molecule has 7 nitrogen and oxygen atoms in total. The van der Waals surface area contributed by atoms with E-state index in [1.54, 1.807) is 30.4 Å². The number of hydrogen-bond donors (Lipinski definition) is 0. The highest BCUT2D eigenvalue weighted by Gasteiger charge is 2.11. The first-order valence-electron chi connectivity index (χ1n) is 9.72. The predicted molar refractivity (Wildman–Crippen MR) is 130 cm³/mol. The minimum atomic E-state index is -0.428. The molecule has 0 aliphatic carbocycles. The van der Waals surface area contributed by atoms with Crippen LogP contribution >= 0.6 is 15.9 Å². The summed E-state index contributed by atoms with van der Waals surface area (Å²) in [5, 5.41) is 16.9. The number of aromatic nitrogens is 2. The molecule has 3 aromatic carbocycles. The normalized spacial score (nSPS) is 10.9. The molecule has 32 heavy (non-hydrogen) atoms. The van der Waals surface area contributed by atoms with Crippen molar-refractivity contribution in [3.63, 3.8) is 0 Å². The zero-order valence-corrected chi connectivity index (χ0v) is 18.7. The van der Waals surface area contributed by atoms with Gasteiger partial charge in [0, 0.05) is 40.8 Å². The molecule has 0 aliphatic heterocycles. The highest BCUT2D eigenvalue weighted by Crippen LogP contribution is 2.26. The van der Waals surface area contributed by atoms with Crippen LogP contribution in [0.4, 0.5) is 11.5 Å². The van der Waals surface area contributed by atoms with Crippen LogP contribution in [-0.2, 0) is 0 Å². The van der Waals surface area contributed by atoms with E-state index >= 15 is 0 Å². The first-order valence-corrected chi connectivity index (χ1v) is 10.5. The van der Waals surface area contributed by atoms with Crippen LogP contribution in [0.25, 0.3) is 22.6 Å². The van der Waals surface area contributed by atoms with Gasteiger partial charge in [-0.3, -0.25) is 15.1 Å². The van der Waals surface area contributed by atoms with Gasteiger partial charge < -0.3 is 0 Å². The van der Waals surface area contributed by atoms with Crippen molar-refractivity contribution in [2.75, 3.05) is 12.1 Å². The number of nitro benzene ring substituents is 1. The maximum absolute atomic E-state index is 10.8. The molecule has 8 heteroatoms. The second-order valence-electron chi connectivity index (χ2n) is 6.92. The van der Waals surface area contributed by atoms with Crippen molar-refractivity contribution in [1.29, 1.82) is 0 Å². The van der Waals surface area contributed by atoms with E-state index in [0.717, 1.165) is 26.9 Å². The number of nitrogens with zero attached hydrogens (tertiary/aromatic N) is 5. The number of benzene rings is 3. The van der Waals surface area contributed by atoms with Crippen LogP contribution in [0.5, 0.6) is 0 Å². The van der Waals surface area contributed by atoms with Gasteiger partial charge in [-0.15, -0.1) is 0 Å². The molecule has 0 bridgehead atoms. The van der Waals surface area contributed by atoms with E-state index in [4.69, 9.17) is 9.97 Å². The molecule has 0 atom stereocenters. The van der Waals surface area contributed by atoms with Crippen molar-refractivity contribution in [2.45, 2.75) is 0 Å². The van der Waals surface area contributed by atoms with E-state index in [2.05, 4.69) is 21.0 Å². The molecule has 1 aromatic heterocycles. The average Bonchev–Trinajstić information content (AvgIpc) is 2.83. The fourth-order valence-electron chi connectivity index (χ4n) is 2.98. The van der Waals surface area contributed by atoms with Crippen molar-refractivity contribution in [3.8, 4) is 22.6 Å². The smallest absolute Gasteiger partial charge is 0.258 e. The van der Waals surface area contributed by atoms with E-state index in [9.17, 15) is 10.1 Å². The van der Waals surface area contributed by atoms with Gasteiger partial charge in [-0.2, -0.15) is 5.10 Å². The molecule has 158 valence electrons. The molecule has 0 fully saturated rings. The lowest BCUT2D eigenvalue weighted by Crippen LogP contribution is -2.12. The van der Waals surface area contributed by atoms with E-state index in [-0.39, 0.29) is 5.69 Å². The molecule has 0 spiro atoms. The van der Waals surface area contributed by atoms with E-state index in [1.165, 1.54) is 12.1 Å². The second kappa shape index (κ2) is 9.49. The maximum atomic E-state index is 10.8. The third kappa shape index (κ3) is 5.04. The Kier molecular flexibility index (Phi) is 6.32. The van der Waals surface area contributed by atoms with Crippen molar-refractivity contribution in [2.24, 2.45) is 5.10 Å². The molecule has 0 radical (unpaired) electrons. The molecule has 0 saturated carbocycles. The van der Waals surface area contributed by atoms with Crippen LogP contribution in [0, 0.1) is 10.1 Å². The molecule has 0 amide bonds. The van der Waals surface area contributed by atoms with Gasteiger partial charge in [0.2, 0.25) is 0 Å². The second-order valence-corrected chi connectivity index (χ2v) is 7.84. The van der Waals surface area contributed by atoms with Gasteiger partial charge in [0.25, 0.3) is 5.69 Å². The van der Waals surface area contributed by atoms with E-state index in [0.29, 0.717) is 11.6 Å². The Bertz CT molecular complexity index is 1260. The minimum Gasteiger partial charge on any atom is -0.258 e. The summed E-state index contributed by atoms with van der Waals surface area (Å²) in [6.45, 7) is 0. The molecular formula is C24H18BrN5O2. The zero-order valence-electron chi connectivity index (χ0n) is 17.1. The average molecular weight is 488 g/mol. The van der Waals surface area contributed by atoms with Crippen LogP contribution in [0.2, 0.25) is 0 Å². The largest absolute Gasteiger partial charge is 0.269 e. The molecular weight excluding hydrogens is 470 g/mol. The number of halogens is 1. The first-order chi connectivity index (χ1) is 15.5. The summed E-state index contributed by atoms with van der Waals surface area (Å²) in [5.74, 6) is 1.21. The Morgan fingerprint density at radius 3 is 2.28 bits per heavy atom. The zero-order chi connectivity index (χ0) is 22.5. The summed E-state index contributed by atoms with van der Waals surface area (Å²) in [5.41, 5.74) is 3.43. The molecule has 1 heterocycles. The lowest BCUT2D eigenvalue weighted by Gasteiger charge is -2.15. The van der Waals surface area contributed by atoms with Crippen molar-refractivity contribution < 1.29 is 4.92 Å². The van der Waals surface area contributed by atoms with E-state index in [1.807, 2.05) is 60.7 Å². The summed E-state index contributed by atoms with van der Waals surface area (Å²) in [6.07, 6.45) is 1.63. The number of anilines is 1. The third-order valence-electron chi connectivity index (χ3n) is 4.70. The molecule has 0 N–H and O–H groups in total. The third-order valence-corrected chi connectivity index (χ3v) is 5.23. The number of non-ortho nitro benzene ring substituents is 1. The predicted octanol–water partition coefficient (Wildman–Crippen LogP) is 5.95. The highest BCUT2D eigenvalue weighted by molar-refractivity contribution is 9.10. The van der Waals surface area contributed by atoms with Crippen LogP contribution in [0.1, 0.15) is 5.56 Å². The lowest BCUT2D eigenvalue weighted by atomic mass is 10.1. The molecule has 4 aromatic rings. The summed E-state index contributed by atoms with van der Waals surface area (Å²) in [4.78, 5) is 19.9. The van der Waals surface area contributed by atoms with Crippen LogP contribution in [0.15, 0.2) is 94.5 Å². The number of hydrazone groups is 1. The fraction of sp³-hybridized carbons (Fsp3) is 0.0417. The Morgan fingerprint density at radius 1 is 0.938 bits per heavy atom. The summed E-state index contributed by atoms with van der Waals surface area (Å²) in [6, 6.07) is 25.8. The van der Waals surface area contributed by atoms with Gasteiger partial charge in [0.15, 0.2) is 11.6 Å². The summed E-state index contributed by atoms with van der Waals surface area (Å²) < 4.78 is 0.977. The fourth-order valence-corrected chi connectivity index (χ4v) is 3.24. The first kappa shape index (κ1) is 21.3. The quantitative estimate of drug-likeness (QED) is 0.190. The van der Waals surface area contributed by atoms with Crippen LogP contribution in [-0.4, -0.2) is 28.2 Å². The SMILES string of the molecule is CN(/N=C/c1ccc([N+](=O)[O-])cc1)c1cc(-c2ccccc2)nc(-c2ccc(Br)cc2)n1. The molecule has 0 saturated heterocycles. The maximum Gasteiger partial charge on any atom is 0.269 e. The number of rotatable bonds is 6.